The minimum atomic E-state index is -1.34. The minimum absolute atomic E-state index is 0.0000772. The number of aliphatic hydroxyl groups is 2. The van der Waals surface area contributed by atoms with Gasteiger partial charge in [-0.3, -0.25) is 24.0 Å². The summed E-state index contributed by atoms with van der Waals surface area (Å²) in [5.41, 5.74) is 11.5. The van der Waals surface area contributed by atoms with Gasteiger partial charge in [-0.15, -0.1) is 0 Å². The van der Waals surface area contributed by atoms with Crippen LogP contribution in [-0.2, 0) is 42.9 Å². The van der Waals surface area contributed by atoms with Gasteiger partial charge in [-0.2, -0.15) is 0 Å². The molecule has 0 spiro atoms. The molecule has 10 aliphatic rings. The van der Waals surface area contributed by atoms with E-state index in [0.29, 0.717) is 81.7 Å². The first-order valence-electron chi connectivity index (χ1n) is 51.8. The van der Waals surface area contributed by atoms with E-state index in [1.54, 1.807) is 35.0 Å². The minimum Gasteiger partial charge on any atom is -0.443 e. The molecule has 786 valence electrons. The maximum absolute atomic E-state index is 13.9. The van der Waals surface area contributed by atoms with E-state index in [2.05, 4.69) is 146 Å². The highest BCUT2D eigenvalue weighted by atomic mass is 35.5. The summed E-state index contributed by atoms with van der Waals surface area (Å²) in [6.07, 6.45) is 6.82. The Hall–Kier alpha value is -8.28. The fraction of sp³-hybridized carbons (Fsp3) is 0.455. The highest BCUT2D eigenvalue weighted by Crippen LogP contribution is 2.65. The summed E-state index contributed by atoms with van der Waals surface area (Å²) in [4.78, 5) is 79.8. The lowest BCUT2D eigenvalue weighted by molar-refractivity contribution is -0.153. The number of halogens is 10. The SMILES string of the molecule is CCO[C@@]12CC[C@@H](c3ccc(C)cc3Cl)[C@H](c3ccc(Cl)cc3)[C@@H]1[C@@H](C)NC2=O.CO[C@@]12CC[C@@H](c3ccc(C)cc3Cl)[C@H](c3ccc(Cl)cc3)[C@@H]1[C@@H](C)N(C(=O)OC(C)(C)C)C2=O.CO[C@@]12CC[C@@H](c3ccc(C)cc3Cl)[C@H](c3ccc(Cl)cc3)[C@@H]1[C@@H](C)NC2=O.Cc1ccc([C@@H]2CC[C@@]3(CCO)C(=O)N[C@H](C)[C@H]3[C@H]2c2ccc(Cl)cc2)c(Cl)c1.Cc1ccc([C@@H]2CC[C@@]3(O)C(=O)N[C@H](C)[C@H]3[C@H]2c2ccc(Cl)cc2)c(Cl)c1. The predicted octanol–water partition coefficient (Wildman–Crippen LogP) is 28.8. The van der Waals surface area contributed by atoms with Gasteiger partial charge in [0.05, 0.1) is 5.41 Å². The Labute approximate surface area is 921 Å². The van der Waals surface area contributed by atoms with Crippen LogP contribution in [-0.4, -0.2) is 136 Å². The highest BCUT2D eigenvalue weighted by Gasteiger charge is 2.69. The van der Waals surface area contributed by atoms with Crippen LogP contribution in [0.5, 0.6) is 0 Å². The van der Waals surface area contributed by atoms with E-state index in [-0.39, 0.29) is 149 Å². The zero-order chi connectivity index (χ0) is 107. The van der Waals surface area contributed by atoms with Gasteiger partial charge >= 0.3 is 6.09 Å². The lowest BCUT2D eigenvalue weighted by atomic mass is 9.54. The summed E-state index contributed by atoms with van der Waals surface area (Å²) in [5.74, 6) is 0.0256. The molecule has 5 heterocycles. The number of aliphatic hydroxyl groups excluding tert-OH is 1. The van der Waals surface area contributed by atoms with Crippen LogP contribution in [0, 0.1) is 69.6 Å². The Balaban J connectivity index is 0.000000132. The first-order chi connectivity index (χ1) is 70.3. The second kappa shape index (κ2) is 45.8. The molecule has 5 saturated carbocycles. The summed E-state index contributed by atoms with van der Waals surface area (Å²) in [6.45, 7) is 28.2. The number of hydrogen-bond donors (Lipinski definition) is 6. The van der Waals surface area contributed by atoms with Gasteiger partial charge in [0, 0.05) is 137 Å². The van der Waals surface area contributed by atoms with Crippen LogP contribution in [0.4, 0.5) is 4.79 Å². The molecule has 10 aromatic rings. The number of benzene rings is 10. The number of amides is 6. The van der Waals surface area contributed by atoms with Crippen LogP contribution in [0.2, 0.25) is 50.2 Å². The molecule has 5 aliphatic heterocycles. The van der Waals surface area contributed by atoms with E-state index in [1.807, 2.05) is 164 Å². The lowest BCUT2D eigenvalue weighted by Crippen LogP contribution is -2.51. The van der Waals surface area contributed by atoms with Gasteiger partial charge in [-0.1, -0.05) is 237 Å². The van der Waals surface area contributed by atoms with Gasteiger partial charge in [-0.05, 0) is 401 Å². The molecular formula is C121H135Cl10N5O12. The molecule has 5 aliphatic carbocycles. The second-order valence-electron chi connectivity index (χ2n) is 43.9. The number of methoxy groups -OCH3 is 2. The van der Waals surface area contributed by atoms with Gasteiger partial charge in [0.15, 0.2) is 16.8 Å². The van der Waals surface area contributed by atoms with E-state index < -0.39 is 45.6 Å². The van der Waals surface area contributed by atoms with Gasteiger partial charge in [0.1, 0.15) is 11.2 Å². The number of nitrogens with one attached hydrogen (secondary N) is 4. The molecule has 25 atom stereocenters. The van der Waals surface area contributed by atoms with Crippen LogP contribution in [0.15, 0.2) is 212 Å². The average molecular weight is 2210 g/mol. The van der Waals surface area contributed by atoms with Crippen molar-refractivity contribution in [2.24, 2.45) is 35.0 Å². The van der Waals surface area contributed by atoms with Crippen LogP contribution in [0.1, 0.15) is 276 Å². The van der Waals surface area contributed by atoms with Crippen LogP contribution in [0.25, 0.3) is 0 Å². The van der Waals surface area contributed by atoms with E-state index in [1.165, 1.54) is 21.6 Å². The Morgan fingerprint density at radius 2 is 0.642 bits per heavy atom. The third-order valence-corrected chi connectivity index (χ3v) is 37.1. The summed E-state index contributed by atoms with van der Waals surface area (Å²) >= 11 is 64.3. The van der Waals surface area contributed by atoms with Crippen LogP contribution < -0.4 is 21.3 Å². The average Bonchev–Trinajstić information content (AvgIpc) is 1.54. The first kappa shape index (κ1) is 112. The molecule has 6 N–H and O–H groups in total. The Kier molecular flexibility index (Phi) is 34.7. The molecule has 10 fully saturated rings. The van der Waals surface area contributed by atoms with Crippen molar-refractivity contribution >= 4 is 152 Å². The molecule has 5 saturated heterocycles. The van der Waals surface area contributed by atoms with Crippen molar-refractivity contribution in [3.05, 3.63) is 346 Å². The van der Waals surface area contributed by atoms with Crippen molar-refractivity contribution in [1.82, 2.24) is 26.2 Å². The number of likely N-dealkylation sites (tertiary alicyclic amines) is 1. The zero-order valence-corrected chi connectivity index (χ0v) is 94.2. The molecule has 20 rings (SSSR count). The molecule has 27 heteroatoms. The van der Waals surface area contributed by atoms with Gasteiger partial charge < -0.3 is 50.4 Å². The summed E-state index contributed by atoms with van der Waals surface area (Å²) in [6, 6.07) is 70.1. The van der Waals surface area contributed by atoms with E-state index in [9.17, 15) is 39.0 Å². The molecule has 6 amide bonds. The van der Waals surface area contributed by atoms with Gasteiger partial charge in [0.2, 0.25) is 5.91 Å². The largest absolute Gasteiger partial charge is 0.443 e. The molecule has 0 radical (unpaired) electrons. The maximum Gasteiger partial charge on any atom is 0.417 e. The van der Waals surface area contributed by atoms with Crippen molar-refractivity contribution in [3.8, 4) is 0 Å². The predicted molar refractivity (Wildman–Crippen MR) is 595 cm³/mol. The topological polar surface area (TPSA) is 231 Å². The standard InChI is InChI=1S/C28H33Cl2NO4.2C24H27Cl2NO2.C23H25Cl2NO2.C22H23Cl2NO2/c1-16-7-12-20(22(30)15-16)21-13-14-28(34-6)24(23(21)18-8-10-19(29)11-9-18)17(2)31(25(28)32)26(33)35-27(3,4)5;1-14-3-8-18(20(26)13-14)19-9-10-24(11-12-28)22(15(2)27-23(24)29)21(19)16-4-6-17(25)7-5-16;1-4-29-24-12-11-19(18-10-5-14(2)13-20(18)26)21(16-6-8-17(25)9-7-16)22(24)15(3)27-23(24)28;1-13-4-9-17(19(25)12-13)18-10-11-23(28-3)21(14(2)26-22(23)27)20(18)15-5-7-16(24)8-6-15;1-12-3-8-16(18(24)11-12)17-9-10-22(27)20(13(2)25-21(22)26)19(17)14-4-6-15(23)7-5-14/h7-12,15,17,21,23-24H,13-14H2,1-6H3;3-8,13,15,19,21-22,28H,9-12H2,1-2H3,(H,27,29);5-10,13,15,19,21-22H,4,11-12H2,1-3H3,(H,27,28);4-9,12,14,18,20-21H,10-11H2,1-3H3,(H,26,27);3-8,11,13,17,19-20,27H,9-10H2,1-2H3,(H,25,26)/t17-,21+,23+,24+,28+;2*15-,19+,21+,22+,24+;14-,18+,20+,21+,23+;13-,17+,19+,20+,22+/m11111/s1. The van der Waals surface area contributed by atoms with E-state index in [0.717, 1.165) is 113 Å². The van der Waals surface area contributed by atoms with E-state index >= 15 is 0 Å². The third kappa shape index (κ3) is 21.8. The van der Waals surface area contributed by atoms with Crippen molar-refractivity contribution in [1.29, 1.82) is 0 Å². The molecule has 0 unspecified atom stereocenters. The molecule has 17 nitrogen and oxygen atoms in total. The number of rotatable bonds is 16. The maximum atomic E-state index is 13.9. The molecule has 0 bridgehead atoms. The Morgan fingerprint density at radius 1 is 0.365 bits per heavy atom. The monoisotopic (exact) mass is 2200 g/mol. The number of ether oxygens (including phenoxy) is 4. The summed E-state index contributed by atoms with van der Waals surface area (Å²) in [7, 11) is 3.22. The van der Waals surface area contributed by atoms with Gasteiger partial charge in [-0.25, -0.2) is 9.69 Å². The van der Waals surface area contributed by atoms with Crippen molar-refractivity contribution in [3.63, 3.8) is 0 Å². The summed E-state index contributed by atoms with van der Waals surface area (Å²) in [5, 5.41) is 40.7. The fourth-order valence-corrected chi connectivity index (χ4v) is 30.4. The number of carbonyl (C=O) groups is 6. The molecule has 0 aromatic heterocycles. The zero-order valence-electron chi connectivity index (χ0n) is 86.7. The summed E-state index contributed by atoms with van der Waals surface area (Å²) < 4.78 is 23.8. The van der Waals surface area contributed by atoms with Gasteiger partial charge in [0.25, 0.3) is 23.6 Å². The number of nitrogens with zero attached hydrogens (tertiary/aromatic N) is 1. The van der Waals surface area contributed by atoms with Crippen molar-refractivity contribution in [2.75, 3.05) is 27.4 Å². The molecule has 148 heavy (non-hydrogen) atoms. The lowest BCUT2D eigenvalue weighted by Gasteiger charge is -2.47. The third-order valence-electron chi connectivity index (χ3n) is 34.2. The number of aryl methyl sites for hydroxylation is 5. The number of fused-ring (bicyclic) bond motifs is 5. The molecular weight excluding hydrogens is 2070 g/mol. The quantitative estimate of drug-likeness (QED) is 0.0531. The van der Waals surface area contributed by atoms with E-state index in [4.69, 9.17) is 135 Å². The van der Waals surface area contributed by atoms with Crippen molar-refractivity contribution in [2.45, 2.75) is 285 Å². The number of imide groups is 1. The van der Waals surface area contributed by atoms with Crippen LogP contribution in [0.3, 0.4) is 0 Å². The number of hydrogen-bond acceptors (Lipinski definition) is 12. The number of carbonyl (C=O) groups excluding carboxylic acids is 6. The highest BCUT2D eigenvalue weighted by molar-refractivity contribution is 6.34. The smallest absolute Gasteiger partial charge is 0.417 e. The normalized spacial score (nSPS) is 31.2. The van der Waals surface area contributed by atoms with Crippen LogP contribution >= 0.6 is 116 Å². The van der Waals surface area contributed by atoms with Crippen molar-refractivity contribution < 1.29 is 57.9 Å². The second-order valence-corrected chi connectivity index (χ2v) is 48.1. The molecule has 10 aromatic carbocycles. The first-order valence-corrected chi connectivity index (χ1v) is 55.6. The Morgan fingerprint density at radius 3 is 0.973 bits per heavy atom. The Bertz CT molecular complexity index is 6380. The fourth-order valence-electron chi connectivity index (χ4n) is 27.9.